The highest BCUT2D eigenvalue weighted by molar-refractivity contribution is 7.99. The molecule has 16 heavy (non-hydrogen) atoms. The van der Waals surface area contributed by atoms with Gasteiger partial charge >= 0.3 is 0 Å². The Morgan fingerprint density at radius 3 is 2.94 bits per heavy atom. The molecular weight excluding hydrogens is 246 g/mol. The molecule has 1 aromatic rings. The lowest BCUT2D eigenvalue weighted by atomic mass is 10.4. The first-order valence-corrected chi connectivity index (χ1v) is 7.72. The Labute approximate surface area is 99.7 Å². The highest BCUT2D eigenvalue weighted by Crippen LogP contribution is 2.23. The van der Waals surface area contributed by atoms with Crippen molar-refractivity contribution in [1.82, 2.24) is 14.3 Å². The van der Waals surface area contributed by atoms with Crippen molar-refractivity contribution in [2.45, 2.75) is 24.9 Å². The Kier molecular flexibility index (Phi) is 3.27. The molecule has 2 heterocycles. The van der Waals surface area contributed by atoms with Crippen molar-refractivity contribution >= 4 is 21.8 Å². The highest BCUT2D eigenvalue weighted by Gasteiger charge is 2.32. The van der Waals surface area contributed by atoms with Crippen LogP contribution in [-0.2, 0) is 10.0 Å². The monoisotopic (exact) mass is 261 g/mol. The number of sulfonamides is 1. The smallest absolute Gasteiger partial charge is 0.260 e. The van der Waals surface area contributed by atoms with Gasteiger partial charge in [-0.15, -0.1) is 0 Å². The molecule has 0 radical (unpaired) electrons. The van der Waals surface area contributed by atoms with E-state index in [1.807, 2.05) is 6.92 Å². The zero-order valence-corrected chi connectivity index (χ0v) is 10.9. The molecule has 1 aliphatic rings. The van der Waals surface area contributed by atoms with E-state index in [4.69, 9.17) is 0 Å². The number of nitrogens with zero attached hydrogens (tertiary/aromatic N) is 2. The minimum Gasteiger partial charge on any atom is -0.332 e. The third-order valence-electron chi connectivity index (χ3n) is 2.57. The molecule has 1 aromatic heterocycles. The Balaban J connectivity index is 2.31. The van der Waals surface area contributed by atoms with Crippen LogP contribution in [0.5, 0.6) is 0 Å². The van der Waals surface area contributed by atoms with E-state index >= 15 is 0 Å². The third kappa shape index (κ3) is 2.11. The second-order valence-corrected chi connectivity index (χ2v) is 6.88. The topological polar surface area (TPSA) is 66.1 Å². The first-order valence-electron chi connectivity index (χ1n) is 5.13. The molecule has 1 unspecified atom stereocenters. The summed E-state index contributed by atoms with van der Waals surface area (Å²) in [5.41, 5.74) is 0. The number of hydrogen-bond donors (Lipinski definition) is 1. The molecule has 0 aromatic carbocycles. The van der Waals surface area contributed by atoms with Crippen LogP contribution in [0.15, 0.2) is 11.2 Å². The van der Waals surface area contributed by atoms with Gasteiger partial charge in [0.15, 0.2) is 5.03 Å². The van der Waals surface area contributed by atoms with Gasteiger partial charge in [-0.25, -0.2) is 13.4 Å². The van der Waals surface area contributed by atoms with Crippen molar-refractivity contribution in [2.75, 3.05) is 18.1 Å². The van der Waals surface area contributed by atoms with Crippen molar-refractivity contribution in [3.8, 4) is 0 Å². The normalized spacial score (nSPS) is 23.5. The number of aromatic amines is 1. The van der Waals surface area contributed by atoms with Gasteiger partial charge in [-0.2, -0.15) is 16.1 Å². The Morgan fingerprint density at radius 1 is 1.62 bits per heavy atom. The average Bonchev–Trinajstić information content (AvgIpc) is 2.66. The summed E-state index contributed by atoms with van der Waals surface area (Å²) in [7, 11) is -3.39. The van der Waals surface area contributed by atoms with Gasteiger partial charge in [-0.1, -0.05) is 0 Å². The van der Waals surface area contributed by atoms with E-state index < -0.39 is 10.0 Å². The lowest BCUT2D eigenvalue weighted by Gasteiger charge is -2.31. The average molecular weight is 261 g/mol. The van der Waals surface area contributed by atoms with Crippen LogP contribution in [0.2, 0.25) is 0 Å². The second-order valence-electron chi connectivity index (χ2n) is 3.87. The van der Waals surface area contributed by atoms with E-state index in [2.05, 4.69) is 9.97 Å². The zero-order chi connectivity index (χ0) is 11.8. The summed E-state index contributed by atoms with van der Waals surface area (Å²) in [4.78, 5) is 6.72. The van der Waals surface area contributed by atoms with Crippen LogP contribution in [0.25, 0.3) is 0 Å². The number of imidazole rings is 1. The molecule has 1 aliphatic heterocycles. The quantitative estimate of drug-likeness (QED) is 0.857. The van der Waals surface area contributed by atoms with Crippen LogP contribution in [0, 0.1) is 6.92 Å². The van der Waals surface area contributed by atoms with Gasteiger partial charge in [0.05, 0.1) is 6.20 Å². The molecule has 0 amide bonds. The maximum absolute atomic E-state index is 12.3. The van der Waals surface area contributed by atoms with E-state index in [1.165, 1.54) is 6.20 Å². The maximum Gasteiger partial charge on any atom is 0.260 e. The van der Waals surface area contributed by atoms with Gasteiger partial charge in [-0.3, -0.25) is 0 Å². The molecule has 0 spiro atoms. The first kappa shape index (κ1) is 11.9. The molecule has 7 heteroatoms. The predicted molar refractivity (Wildman–Crippen MR) is 64.0 cm³/mol. The summed E-state index contributed by atoms with van der Waals surface area (Å²) < 4.78 is 26.1. The molecule has 90 valence electrons. The molecule has 1 atom stereocenters. The van der Waals surface area contributed by atoms with Crippen LogP contribution in [0.1, 0.15) is 12.7 Å². The molecule has 0 aliphatic carbocycles. The summed E-state index contributed by atoms with van der Waals surface area (Å²) in [6.07, 6.45) is 1.39. The van der Waals surface area contributed by atoms with Gasteiger partial charge in [0.2, 0.25) is 0 Å². The van der Waals surface area contributed by atoms with Crippen molar-refractivity contribution < 1.29 is 8.42 Å². The summed E-state index contributed by atoms with van der Waals surface area (Å²) in [6.45, 7) is 4.26. The Hall–Kier alpha value is -0.530. The molecule has 5 nitrogen and oxygen atoms in total. The lowest BCUT2D eigenvalue weighted by molar-refractivity contribution is 0.366. The van der Waals surface area contributed by atoms with Crippen LogP contribution in [0.4, 0.5) is 0 Å². The first-order chi connectivity index (χ1) is 7.51. The van der Waals surface area contributed by atoms with Crippen molar-refractivity contribution in [3.05, 3.63) is 12.0 Å². The minimum atomic E-state index is -3.39. The summed E-state index contributed by atoms with van der Waals surface area (Å²) in [6, 6.07) is 0.0485. The number of aryl methyl sites for hydroxylation is 1. The minimum absolute atomic E-state index is 0.0485. The van der Waals surface area contributed by atoms with Gasteiger partial charge in [0, 0.05) is 24.1 Å². The molecule has 2 rings (SSSR count). The van der Waals surface area contributed by atoms with Crippen molar-refractivity contribution in [2.24, 2.45) is 0 Å². The molecule has 0 bridgehead atoms. The van der Waals surface area contributed by atoms with Crippen molar-refractivity contribution in [1.29, 1.82) is 0 Å². The molecule has 0 saturated carbocycles. The van der Waals surface area contributed by atoms with Crippen LogP contribution in [-0.4, -0.2) is 46.8 Å². The molecular formula is C9H15N3O2S2. The zero-order valence-electron chi connectivity index (χ0n) is 9.30. The standard InChI is InChI=1S/C9H15N3O2S2/c1-7-6-15-4-3-12(7)16(13,14)9-5-10-8(2)11-9/h5,7H,3-4,6H2,1-2H3,(H,10,11). The predicted octanol–water partition coefficient (Wildman–Crippen LogP) is 0.844. The van der Waals surface area contributed by atoms with Gasteiger partial charge in [-0.05, 0) is 13.8 Å². The number of nitrogens with one attached hydrogen (secondary N) is 1. The number of H-pyrrole nitrogens is 1. The third-order valence-corrected chi connectivity index (χ3v) is 5.69. The van der Waals surface area contributed by atoms with Gasteiger partial charge in [0.1, 0.15) is 5.82 Å². The van der Waals surface area contributed by atoms with E-state index in [-0.39, 0.29) is 11.1 Å². The van der Waals surface area contributed by atoms with Crippen LogP contribution >= 0.6 is 11.8 Å². The summed E-state index contributed by atoms with van der Waals surface area (Å²) >= 11 is 1.79. The fraction of sp³-hybridized carbons (Fsp3) is 0.667. The number of hydrogen-bond acceptors (Lipinski definition) is 4. The van der Waals surface area contributed by atoms with Gasteiger partial charge in [0.25, 0.3) is 10.0 Å². The molecule has 1 fully saturated rings. The number of rotatable bonds is 2. The molecule has 1 saturated heterocycles. The fourth-order valence-electron chi connectivity index (χ4n) is 1.72. The van der Waals surface area contributed by atoms with Gasteiger partial charge < -0.3 is 4.98 Å². The van der Waals surface area contributed by atoms with Crippen LogP contribution < -0.4 is 0 Å². The largest absolute Gasteiger partial charge is 0.332 e. The van der Waals surface area contributed by atoms with E-state index in [1.54, 1.807) is 23.0 Å². The number of thioether (sulfide) groups is 1. The van der Waals surface area contributed by atoms with E-state index in [0.29, 0.717) is 12.4 Å². The van der Waals surface area contributed by atoms with E-state index in [0.717, 1.165) is 11.5 Å². The fourth-order valence-corrected chi connectivity index (χ4v) is 4.54. The lowest BCUT2D eigenvalue weighted by Crippen LogP contribution is -2.44. The van der Waals surface area contributed by atoms with E-state index in [9.17, 15) is 8.42 Å². The molecule has 1 N–H and O–H groups in total. The highest BCUT2D eigenvalue weighted by atomic mass is 32.2. The second kappa shape index (κ2) is 4.38. The summed E-state index contributed by atoms with van der Waals surface area (Å²) in [5, 5.41) is 0.198. The van der Waals surface area contributed by atoms with Crippen molar-refractivity contribution in [3.63, 3.8) is 0 Å². The Morgan fingerprint density at radius 2 is 2.38 bits per heavy atom. The number of aromatic nitrogens is 2. The Bertz CT molecular complexity index is 469. The SMILES string of the molecule is Cc1ncc(S(=O)(=O)N2CCSCC2C)[nH]1. The summed E-state index contributed by atoms with van der Waals surface area (Å²) in [5.74, 6) is 2.33. The van der Waals surface area contributed by atoms with Crippen LogP contribution in [0.3, 0.4) is 0 Å². The maximum atomic E-state index is 12.3.